The second kappa shape index (κ2) is 5.91. The molecule has 4 heteroatoms. The molecule has 0 aliphatic carbocycles. The highest BCUT2D eigenvalue weighted by Gasteiger charge is 2.06. The Morgan fingerprint density at radius 2 is 2.00 bits per heavy atom. The zero-order chi connectivity index (χ0) is 13.8. The zero-order valence-corrected chi connectivity index (χ0v) is 11.9. The summed E-state index contributed by atoms with van der Waals surface area (Å²) in [5.74, 6) is 0. The van der Waals surface area contributed by atoms with Crippen molar-refractivity contribution in [1.29, 1.82) is 0 Å². The summed E-state index contributed by atoms with van der Waals surface area (Å²) in [7, 11) is 0. The molecule has 3 nitrogen and oxygen atoms in total. The lowest BCUT2D eigenvalue weighted by atomic mass is 9.97. The van der Waals surface area contributed by atoms with Crippen molar-refractivity contribution >= 4 is 23.3 Å². The van der Waals surface area contributed by atoms with E-state index in [9.17, 15) is 4.79 Å². The molecule has 0 saturated carbocycles. The summed E-state index contributed by atoms with van der Waals surface area (Å²) < 4.78 is 0. The van der Waals surface area contributed by atoms with Gasteiger partial charge in [-0.3, -0.25) is 0 Å². The molecular formula is C14H19ClN2O. The van der Waals surface area contributed by atoms with Gasteiger partial charge in [0.15, 0.2) is 0 Å². The minimum Gasteiger partial charge on any atom is -0.315 e. The Labute approximate surface area is 113 Å². The van der Waals surface area contributed by atoms with Crippen molar-refractivity contribution in [1.82, 2.24) is 5.32 Å². The van der Waals surface area contributed by atoms with Crippen molar-refractivity contribution in [3.8, 4) is 0 Å². The van der Waals surface area contributed by atoms with E-state index < -0.39 is 0 Å². The van der Waals surface area contributed by atoms with Crippen LogP contribution in [0.2, 0.25) is 5.02 Å². The Morgan fingerprint density at radius 1 is 1.33 bits per heavy atom. The van der Waals surface area contributed by atoms with Crippen molar-refractivity contribution in [3.63, 3.8) is 0 Å². The van der Waals surface area contributed by atoms with Gasteiger partial charge in [0, 0.05) is 16.9 Å². The van der Waals surface area contributed by atoms with Gasteiger partial charge in [0.25, 0.3) is 0 Å². The van der Waals surface area contributed by atoms with Crippen LogP contribution in [0.15, 0.2) is 30.5 Å². The molecule has 0 fully saturated rings. The molecule has 2 N–H and O–H groups in total. The van der Waals surface area contributed by atoms with Gasteiger partial charge in [-0.15, -0.1) is 0 Å². The third kappa shape index (κ3) is 4.80. The first-order valence-corrected chi connectivity index (χ1v) is 6.18. The van der Waals surface area contributed by atoms with E-state index in [1.807, 2.05) is 19.1 Å². The molecule has 0 atom stereocenters. The Bertz CT molecular complexity index is 461. The largest absolute Gasteiger partial charge is 0.323 e. The summed E-state index contributed by atoms with van der Waals surface area (Å²) in [6.07, 6.45) is 3.58. The number of hydrogen-bond acceptors (Lipinski definition) is 1. The van der Waals surface area contributed by atoms with Crippen molar-refractivity contribution in [2.75, 3.05) is 5.32 Å². The van der Waals surface area contributed by atoms with Crippen LogP contribution in [0, 0.1) is 12.3 Å². The van der Waals surface area contributed by atoms with E-state index in [4.69, 9.17) is 11.6 Å². The monoisotopic (exact) mass is 266 g/mol. The van der Waals surface area contributed by atoms with E-state index >= 15 is 0 Å². The van der Waals surface area contributed by atoms with Crippen molar-refractivity contribution in [3.05, 3.63) is 41.1 Å². The molecule has 98 valence electrons. The number of hydrogen-bond donors (Lipinski definition) is 2. The first-order valence-electron chi connectivity index (χ1n) is 5.80. The van der Waals surface area contributed by atoms with Crippen LogP contribution in [0.4, 0.5) is 10.5 Å². The number of urea groups is 1. The molecule has 18 heavy (non-hydrogen) atoms. The lowest BCUT2D eigenvalue weighted by Crippen LogP contribution is -2.24. The van der Waals surface area contributed by atoms with Crippen LogP contribution in [-0.4, -0.2) is 6.03 Å². The fourth-order valence-electron chi connectivity index (χ4n) is 1.27. The Kier molecular flexibility index (Phi) is 4.79. The average molecular weight is 267 g/mol. The quantitative estimate of drug-likeness (QED) is 0.822. The molecule has 2 amide bonds. The van der Waals surface area contributed by atoms with Crippen LogP contribution in [0.3, 0.4) is 0 Å². The van der Waals surface area contributed by atoms with E-state index in [1.165, 1.54) is 0 Å². The number of carbonyl (C=O) groups is 1. The lowest BCUT2D eigenvalue weighted by molar-refractivity contribution is 0.255. The predicted octanol–water partition coefficient (Wildman–Crippen LogP) is 4.33. The number of carbonyl (C=O) groups excluding carboxylic acids is 1. The number of halogens is 1. The van der Waals surface area contributed by atoms with Crippen LogP contribution in [0.25, 0.3) is 0 Å². The number of anilines is 1. The number of amides is 2. The second-order valence-electron chi connectivity index (χ2n) is 5.21. The zero-order valence-electron chi connectivity index (χ0n) is 11.2. The van der Waals surface area contributed by atoms with Crippen LogP contribution in [0.5, 0.6) is 0 Å². The normalized spacial score (nSPS) is 11.6. The maximum Gasteiger partial charge on any atom is 0.323 e. The summed E-state index contributed by atoms with van der Waals surface area (Å²) >= 11 is 5.98. The Balaban J connectivity index is 2.61. The van der Waals surface area contributed by atoms with Crippen molar-refractivity contribution in [2.24, 2.45) is 5.41 Å². The van der Waals surface area contributed by atoms with Crippen LogP contribution < -0.4 is 10.6 Å². The van der Waals surface area contributed by atoms with E-state index in [1.54, 1.807) is 18.3 Å². The van der Waals surface area contributed by atoms with Gasteiger partial charge in [-0.2, -0.15) is 0 Å². The summed E-state index contributed by atoms with van der Waals surface area (Å²) in [6.45, 7) is 8.04. The SMILES string of the molecule is Cc1c(Cl)cccc1NC(=O)N/C=C/C(C)(C)C. The van der Waals surface area contributed by atoms with E-state index in [2.05, 4.69) is 31.4 Å². The molecule has 0 aromatic heterocycles. The fourth-order valence-corrected chi connectivity index (χ4v) is 1.44. The standard InChI is InChI=1S/C14H19ClN2O/c1-10-11(15)6-5-7-12(10)17-13(18)16-9-8-14(2,3)4/h5-9H,1-4H3,(H2,16,17,18)/b9-8+. The first-order chi connectivity index (χ1) is 8.29. The fraction of sp³-hybridized carbons (Fsp3) is 0.357. The maximum absolute atomic E-state index is 11.6. The van der Waals surface area contributed by atoms with Crippen molar-refractivity contribution < 1.29 is 4.79 Å². The van der Waals surface area contributed by atoms with Crippen molar-refractivity contribution in [2.45, 2.75) is 27.7 Å². The molecule has 0 aliphatic rings. The molecule has 1 aromatic rings. The van der Waals surface area contributed by atoms with Gasteiger partial charge in [0.1, 0.15) is 0 Å². The predicted molar refractivity (Wildman–Crippen MR) is 76.9 cm³/mol. The average Bonchev–Trinajstić information content (AvgIpc) is 2.23. The summed E-state index contributed by atoms with van der Waals surface area (Å²) in [5.41, 5.74) is 1.61. The summed E-state index contributed by atoms with van der Waals surface area (Å²) in [6, 6.07) is 5.13. The molecule has 0 heterocycles. The first kappa shape index (κ1) is 14.6. The van der Waals surface area contributed by atoms with Crippen LogP contribution >= 0.6 is 11.6 Å². The molecule has 1 rings (SSSR count). The maximum atomic E-state index is 11.6. The topological polar surface area (TPSA) is 41.1 Å². The van der Waals surface area contributed by atoms with Gasteiger partial charge in [0.2, 0.25) is 0 Å². The molecule has 0 aliphatic heterocycles. The molecular weight excluding hydrogens is 248 g/mol. The minimum absolute atomic E-state index is 0.0409. The Hall–Kier alpha value is -1.48. The second-order valence-corrected chi connectivity index (χ2v) is 5.62. The van der Waals surface area contributed by atoms with Gasteiger partial charge in [-0.1, -0.05) is 44.5 Å². The van der Waals surface area contributed by atoms with E-state index in [-0.39, 0.29) is 11.4 Å². The summed E-state index contributed by atoms with van der Waals surface area (Å²) in [4.78, 5) is 11.6. The van der Waals surface area contributed by atoms with Gasteiger partial charge < -0.3 is 10.6 Å². The molecule has 0 radical (unpaired) electrons. The van der Waals surface area contributed by atoms with Crippen LogP contribution in [0.1, 0.15) is 26.3 Å². The van der Waals surface area contributed by atoms with Gasteiger partial charge >= 0.3 is 6.03 Å². The Morgan fingerprint density at radius 3 is 2.61 bits per heavy atom. The van der Waals surface area contributed by atoms with Crippen LogP contribution in [-0.2, 0) is 0 Å². The number of rotatable bonds is 2. The highest BCUT2D eigenvalue weighted by atomic mass is 35.5. The molecule has 0 saturated heterocycles. The third-order valence-corrected chi connectivity index (χ3v) is 2.72. The molecule has 0 unspecified atom stereocenters. The third-order valence-electron chi connectivity index (χ3n) is 2.31. The minimum atomic E-state index is -0.277. The molecule has 1 aromatic carbocycles. The number of allylic oxidation sites excluding steroid dienone is 1. The number of nitrogens with one attached hydrogen (secondary N) is 2. The summed E-state index contributed by atoms with van der Waals surface area (Å²) in [5, 5.41) is 6.05. The van der Waals surface area contributed by atoms with Gasteiger partial charge in [-0.25, -0.2) is 4.79 Å². The van der Waals surface area contributed by atoms with Gasteiger partial charge in [-0.05, 0) is 30.0 Å². The highest BCUT2D eigenvalue weighted by Crippen LogP contribution is 2.22. The molecule has 0 spiro atoms. The number of benzene rings is 1. The smallest absolute Gasteiger partial charge is 0.315 e. The highest BCUT2D eigenvalue weighted by molar-refractivity contribution is 6.31. The lowest BCUT2D eigenvalue weighted by Gasteiger charge is -2.12. The molecule has 0 bridgehead atoms. The van der Waals surface area contributed by atoms with E-state index in [0.717, 1.165) is 5.56 Å². The van der Waals surface area contributed by atoms with Gasteiger partial charge in [0.05, 0.1) is 0 Å². The van der Waals surface area contributed by atoms with E-state index in [0.29, 0.717) is 10.7 Å².